The summed E-state index contributed by atoms with van der Waals surface area (Å²) in [6, 6.07) is 0. The lowest BCUT2D eigenvalue weighted by molar-refractivity contribution is -0.241. The van der Waals surface area contributed by atoms with E-state index in [1.165, 1.54) is 26.2 Å². The summed E-state index contributed by atoms with van der Waals surface area (Å²) in [7, 11) is 1.46. The van der Waals surface area contributed by atoms with Gasteiger partial charge < -0.3 is 19.3 Å². The van der Waals surface area contributed by atoms with Gasteiger partial charge in [-0.3, -0.25) is 4.79 Å². The van der Waals surface area contributed by atoms with Gasteiger partial charge in [-0.15, -0.1) is 0 Å². The van der Waals surface area contributed by atoms with Crippen LogP contribution >= 0.6 is 23.8 Å². The first-order valence-electron chi connectivity index (χ1n) is 11.3. The second kappa shape index (κ2) is 6.84. The van der Waals surface area contributed by atoms with Gasteiger partial charge in [0.1, 0.15) is 6.17 Å². The number of aliphatic hydroxyl groups excluding tert-OH is 1. The zero-order valence-corrected chi connectivity index (χ0v) is 20.9. The highest BCUT2D eigenvalue weighted by atomic mass is 35.5. The third-order valence-electron chi connectivity index (χ3n) is 9.19. The number of hydrogen-bond acceptors (Lipinski definition) is 6. The summed E-state index contributed by atoms with van der Waals surface area (Å²) in [5.41, 5.74) is -5.93. The fraction of sp³-hybridized carbons (Fsp3) is 0.750. The first kappa shape index (κ1) is 23.8. The number of thiocarbonyl (C=S) groups is 1. The Hall–Kier alpha value is -0.930. The predicted molar refractivity (Wildman–Crippen MR) is 121 cm³/mol. The molecule has 5 aliphatic rings. The molecule has 4 fully saturated rings. The molecule has 5 rings (SSSR count). The van der Waals surface area contributed by atoms with E-state index in [1.807, 2.05) is 6.92 Å². The number of ether oxygens (including phenoxy) is 3. The number of halogens is 3. The molecule has 9 atom stereocenters. The van der Waals surface area contributed by atoms with E-state index in [4.69, 9.17) is 38.0 Å². The third kappa shape index (κ3) is 2.57. The maximum absolute atomic E-state index is 17.3. The smallest absolute Gasteiger partial charge is 0.196 e. The Morgan fingerprint density at radius 3 is 2.58 bits per heavy atom. The molecule has 0 spiro atoms. The van der Waals surface area contributed by atoms with E-state index in [-0.39, 0.29) is 28.5 Å². The molecule has 0 unspecified atom stereocenters. The molecule has 3 saturated carbocycles. The normalized spacial score (nSPS) is 52.2. The highest BCUT2D eigenvalue weighted by Gasteiger charge is 2.80. The summed E-state index contributed by atoms with van der Waals surface area (Å²) in [5, 5.41) is 11.4. The number of aliphatic hydroxyl groups is 1. The van der Waals surface area contributed by atoms with Crippen molar-refractivity contribution in [1.82, 2.24) is 0 Å². The van der Waals surface area contributed by atoms with Gasteiger partial charge in [0.15, 0.2) is 27.9 Å². The van der Waals surface area contributed by atoms with Crippen molar-refractivity contribution in [3.8, 4) is 0 Å². The molecule has 0 radical (unpaired) electrons. The van der Waals surface area contributed by atoms with E-state index in [0.717, 1.165) is 0 Å². The molecule has 4 aliphatic carbocycles. The molecule has 0 aromatic rings. The lowest BCUT2D eigenvalue weighted by Crippen LogP contribution is -2.71. The van der Waals surface area contributed by atoms with Gasteiger partial charge in [-0.1, -0.05) is 24.6 Å². The predicted octanol–water partition coefficient (Wildman–Crippen LogP) is 4.35. The van der Waals surface area contributed by atoms with Gasteiger partial charge in [0, 0.05) is 16.7 Å². The molecule has 1 heterocycles. The number of carbonyl (C=O) groups excluding carboxylic acids is 1. The Balaban J connectivity index is 1.67. The van der Waals surface area contributed by atoms with Crippen molar-refractivity contribution >= 4 is 34.7 Å². The number of methoxy groups -OCH3 is 1. The number of allylic oxidation sites excluding steroid dienone is 4. The molecule has 182 valence electrons. The molecule has 5 nitrogen and oxygen atoms in total. The van der Waals surface area contributed by atoms with E-state index >= 15 is 8.78 Å². The molecule has 1 aliphatic heterocycles. The van der Waals surface area contributed by atoms with Crippen LogP contribution in [0.25, 0.3) is 0 Å². The quantitative estimate of drug-likeness (QED) is 0.538. The van der Waals surface area contributed by atoms with Crippen LogP contribution in [0.4, 0.5) is 8.78 Å². The van der Waals surface area contributed by atoms with Crippen LogP contribution in [0.3, 0.4) is 0 Å². The van der Waals surface area contributed by atoms with Gasteiger partial charge in [0.05, 0.1) is 24.4 Å². The van der Waals surface area contributed by atoms with Crippen LogP contribution in [0, 0.1) is 22.7 Å². The number of ketones is 1. The number of carbonyl (C=O) groups is 1. The Kier molecular flexibility index (Phi) is 4.93. The number of alkyl halides is 2. The van der Waals surface area contributed by atoms with Crippen LogP contribution in [-0.2, 0) is 19.0 Å². The highest BCUT2D eigenvalue weighted by molar-refractivity contribution is 7.80. The average molecular weight is 503 g/mol. The highest BCUT2D eigenvalue weighted by Crippen LogP contribution is 2.73. The van der Waals surface area contributed by atoms with Crippen LogP contribution in [0.15, 0.2) is 22.8 Å². The minimum Gasteiger partial charge on any atom is -0.487 e. The van der Waals surface area contributed by atoms with E-state index in [2.05, 4.69) is 0 Å². The first-order valence-corrected chi connectivity index (χ1v) is 12.1. The number of rotatable bonds is 1. The maximum Gasteiger partial charge on any atom is 0.196 e. The van der Waals surface area contributed by atoms with Gasteiger partial charge in [-0.05, 0) is 69.8 Å². The minimum absolute atomic E-state index is 0.00331. The monoisotopic (exact) mass is 502 g/mol. The zero-order chi connectivity index (χ0) is 24.4. The molecule has 0 amide bonds. The molecule has 0 bridgehead atoms. The van der Waals surface area contributed by atoms with Gasteiger partial charge >= 0.3 is 0 Å². The van der Waals surface area contributed by atoms with Gasteiger partial charge in [0.2, 0.25) is 0 Å². The van der Waals surface area contributed by atoms with E-state index in [9.17, 15) is 9.90 Å². The Bertz CT molecular complexity index is 1010. The van der Waals surface area contributed by atoms with Crippen LogP contribution < -0.4 is 0 Å². The van der Waals surface area contributed by atoms with E-state index in [0.29, 0.717) is 6.42 Å². The Labute approximate surface area is 202 Å². The molecule has 0 aromatic carbocycles. The average Bonchev–Trinajstić information content (AvgIpc) is 3.13. The largest absolute Gasteiger partial charge is 0.487 e. The summed E-state index contributed by atoms with van der Waals surface area (Å²) >= 11 is 11.8. The standard InChI is InChI=1S/C24H29ClF2O5S/c1-20(2)31-16-9-11-12-8-13(26)17-18(25)14(28)6-7-21(17,3)23(12,27)15(29)10-22(11,4)24(16,32-20)19(33)30-5/h6-7,11-13,15-16,29H,8-10H2,1-5H3/t11-,12-,13-,15-,16+,21-,22-,23-,24-/m0/s1. The van der Waals surface area contributed by atoms with Crippen LogP contribution in [0.5, 0.6) is 0 Å². The van der Waals surface area contributed by atoms with Crippen molar-refractivity contribution in [2.75, 3.05) is 7.11 Å². The molecule has 1 saturated heterocycles. The number of hydrogen-bond donors (Lipinski definition) is 1. The summed E-state index contributed by atoms with van der Waals surface area (Å²) in [5.74, 6) is -2.79. The Morgan fingerprint density at radius 2 is 1.94 bits per heavy atom. The topological polar surface area (TPSA) is 65.0 Å². The van der Waals surface area contributed by atoms with Crippen molar-refractivity contribution in [1.29, 1.82) is 0 Å². The van der Waals surface area contributed by atoms with Gasteiger partial charge in [-0.2, -0.15) is 0 Å². The second-order valence-corrected chi connectivity index (χ2v) is 11.8. The molecular weight excluding hydrogens is 474 g/mol. The molecule has 0 aromatic heterocycles. The summed E-state index contributed by atoms with van der Waals surface area (Å²) in [6.07, 6.45) is -0.898. The summed E-state index contributed by atoms with van der Waals surface area (Å²) in [4.78, 5) is 12.2. The second-order valence-electron chi connectivity index (χ2n) is 11.0. The maximum atomic E-state index is 17.3. The fourth-order valence-electron chi connectivity index (χ4n) is 7.90. The van der Waals surface area contributed by atoms with E-state index in [1.54, 1.807) is 13.8 Å². The molecular formula is C24H29ClF2O5S. The lowest BCUT2D eigenvalue weighted by atomic mass is 9.44. The Morgan fingerprint density at radius 1 is 1.27 bits per heavy atom. The van der Waals surface area contributed by atoms with Gasteiger partial charge in [-0.25, -0.2) is 8.78 Å². The minimum atomic E-state index is -2.24. The van der Waals surface area contributed by atoms with Crippen molar-refractivity contribution in [2.24, 2.45) is 22.7 Å². The zero-order valence-electron chi connectivity index (χ0n) is 19.3. The summed E-state index contributed by atoms with van der Waals surface area (Å²) in [6.45, 7) is 7.00. The molecule has 1 N–H and O–H groups in total. The SMILES string of the molecule is COC(=S)[C@@]12OC(C)(C)O[C@@H]1C[C@H]1[C@@H]3C[C@H](F)C4=C(Cl)C(=O)C=C[C@]4(C)[C@@]3(F)[C@@H](O)C[C@@]12C. The fourth-order valence-corrected chi connectivity index (χ4v) is 8.68. The van der Waals surface area contributed by atoms with Crippen LogP contribution in [0.1, 0.15) is 47.0 Å². The van der Waals surface area contributed by atoms with Crippen LogP contribution in [-0.4, -0.2) is 58.5 Å². The lowest BCUT2D eigenvalue weighted by Gasteiger charge is -2.63. The summed E-state index contributed by atoms with van der Waals surface area (Å²) < 4.78 is 51.2. The molecule has 9 heteroatoms. The molecule has 33 heavy (non-hydrogen) atoms. The van der Waals surface area contributed by atoms with Crippen LogP contribution in [0.2, 0.25) is 0 Å². The first-order chi connectivity index (χ1) is 15.2. The van der Waals surface area contributed by atoms with Crippen molar-refractivity contribution in [3.05, 3.63) is 22.8 Å². The van der Waals surface area contributed by atoms with Crippen molar-refractivity contribution in [3.63, 3.8) is 0 Å². The third-order valence-corrected chi connectivity index (χ3v) is 10.0. The van der Waals surface area contributed by atoms with Crippen molar-refractivity contribution < 1.29 is 32.9 Å². The van der Waals surface area contributed by atoms with Crippen molar-refractivity contribution in [2.45, 2.75) is 82.4 Å². The van der Waals surface area contributed by atoms with Gasteiger partial charge in [0.25, 0.3) is 0 Å². The number of fused-ring (bicyclic) bond motifs is 7. The van der Waals surface area contributed by atoms with E-state index < -0.39 is 63.9 Å².